The minimum Gasteiger partial charge on any atom is -0.497 e. The van der Waals surface area contributed by atoms with E-state index in [4.69, 9.17) is 14.7 Å². The molecule has 0 bridgehead atoms. The molecule has 1 fully saturated rings. The summed E-state index contributed by atoms with van der Waals surface area (Å²) in [7, 11) is 1.62. The van der Waals surface area contributed by atoms with E-state index >= 15 is 0 Å². The molecule has 2 heterocycles. The predicted octanol–water partition coefficient (Wildman–Crippen LogP) is 4.24. The number of rotatable bonds is 9. The largest absolute Gasteiger partial charge is 0.497 e. The highest BCUT2D eigenvalue weighted by Gasteiger charge is 2.21. The van der Waals surface area contributed by atoms with E-state index in [0.717, 1.165) is 54.9 Å². The standard InChI is InChI=1S/C28H33N7O3/c1-3-35-17-30-24-25(33-28(34-26(24)35)32-20-9-11-22(36)12-10-20)31-21-6-4-5-19(15-21)27(37)29-16-18-7-13-23(38-2)14-8-18/h4-8,13-15,17,20,22,36H,3,9-12,16H2,1-2H3,(H,29,37)(H2,31,32,33,34)/t20-,22-. The second-order valence-corrected chi connectivity index (χ2v) is 9.48. The molecule has 10 nitrogen and oxygen atoms in total. The van der Waals surface area contributed by atoms with E-state index in [1.165, 1.54) is 0 Å². The minimum absolute atomic E-state index is 0.172. The van der Waals surface area contributed by atoms with Gasteiger partial charge in [-0.3, -0.25) is 4.79 Å². The van der Waals surface area contributed by atoms with E-state index in [0.29, 0.717) is 29.4 Å². The summed E-state index contributed by atoms with van der Waals surface area (Å²) in [5.41, 5.74) is 3.63. The normalized spacial score (nSPS) is 17.2. The van der Waals surface area contributed by atoms with Gasteiger partial charge in [-0.1, -0.05) is 18.2 Å². The number of aliphatic hydroxyl groups excluding tert-OH is 1. The summed E-state index contributed by atoms with van der Waals surface area (Å²) in [6.45, 7) is 3.18. The zero-order valence-electron chi connectivity index (χ0n) is 21.6. The van der Waals surface area contributed by atoms with Crippen LogP contribution >= 0.6 is 0 Å². The first-order chi connectivity index (χ1) is 18.5. The summed E-state index contributed by atoms with van der Waals surface area (Å²) in [5, 5.41) is 19.6. The number of anilines is 3. The number of amides is 1. The summed E-state index contributed by atoms with van der Waals surface area (Å²) in [5.74, 6) is 1.69. The van der Waals surface area contributed by atoms with E-state index in [2.05, 4.69) is 20.9 Å². The average Bonchev–Trinajstić information content (AvgIpc) is 3.37. The molecule has 0 unspecified atom stereocenters. The van der Waals surface area contributed by atoms with E-state index in [1.54, 1.807) is 25.6 Å². The van der Waals surface area contributed by atoms with E-state index in [9.17, 15) is 9.90 Å². The fraction of sp³-hybridized carbons (Fsp3) is 0.357. The Balaban J connectivity index is 1.33. The van der Waals surface area contributed by atoms with Crippen LogP contribution in [-0.2, 0) is 13.1 Å². The fourth-order valence-electron chi connectivity index (χ4n) is 4.63. The molecule has 1 saturated carbocycles. The lowest BCUT2D eigenvalue weighted by atomic mass is 9.93. The minimum atomic E-state index is -0.226. The highest BCUT2D eigenvalue weighted by molar-refractivity contribution is 5.95. The molecule has 0 saturated heterocycles. The van der Waals surface area contributed by atoms with Crippen molar-refractivity contribution in [1.29, 1.82) is 0 Å². The van der Waals surface area contributed by atoms with Crippen molar-refractivity contribution in [3.05, 3.63) is 66.0 Å². The number of ether oxygens (including phenoxy) is 1. The number of aromatic nitrogens is 4. The van der Waals surface area contributed by atoms with Crippen molar-refractivity contribution in [2.45, 2.75) is 57.8 Å². The van der Waals surface area contributed by atoms with Crippen LogP contribution in [0, 0.1) is 0 Å². The molecule has 0 radical (unpaired) electrons. The van der Waals surface area contributed by atoms with Crippen molar-refractivity contribution in [2.75, 3.05) is 17.7 Å². The van der Waals surface area contributed by atoms with Gasteiger partial charge in [-0.25, -0.2) is 4.98 Å². The molecule has 4 aromatic rings. The Bertz CT molecular complexity index is 1400. The van der Waals surface area contributed by atoms with E-state index < -0.39 is 0 Å². The molecular weight excluding hydrogens is 482 g/mol. The molecule has 2 aromatic heterocycles. The first-order valence-electron chi connectivity index (χ1n) is 13.0. The first-order valence-corrected chi connectivity index (χ1v) is 13.0. The number of nitrogens with zero attached hydrogens (tertiary/aromatic N) is 4. The van der Waals surface area contributed by atoms with Crippen LogP contribution in [0.5, 0.6) is 5.75 Å². The Morgan fingerprint density at radius 3 is 2.63 bits per heavy atom. The van der Waals surface area contributed by atoms with Gasteiger partial charge in [0, 0.05) is 30.4 Å². The number of carbonyl (C=O) groups is 1. The van der Waals surface area contributed by atoms with Gasteiger partial charge in [0.25, 0.3) is 5.91 Å². The summed E-state index contributed by atoms with van der Waals surface area (Å²) < 4.78 is 7.16. The van der Waals surface area contributed by atoms with Gasteiger partial charge in [0.1, 0.15) is 5.75 Å². The molecular formula is C28H33N7O3. The average molecular weight is 516 g/mol. The molecule has 2 aromatic carbocycles. The number of hydrogen-bond donors (Lipinski definition) is 4. The molecule has 10 heteroatoms. The van der Waals surface area contributed by atoms with Gasteiger partial charge < -0.3 is 30.4 Å². The molecule has 0 aliphatic heterocycles. The Morgan fingerprint density at radius 1 is 1.11 bits per heavy atom. The number of fused-ring (bicyclic) bond motifs is 1. The first kappa shape index (κ1) is 25.5. The Kier molecular flexibility index (Phi) is 7.69. The van der Waals surface area contributed by atoms with Gasteiger partial charge in [-0.15, -0.1) is 0 Å². The topological polar surface area (TPSA) is 126 Å². The van der Waals surface area contributed by atoms with Crippen LogP contribution in [0.2, 0.25) is 0 Å². The van der Waals surface area contributed by atoms with Crippen LogP contribution in [0.15, 0.2) is 54.9 Å². The number of aliphatic hydroxyl groups is 1. The van der Waals surface area contributed by atoms with Crippen LogP contribution in [0.4, 0.5) is 17.5 Å². The van der Waals surface area contributed by atoms with E-state index in [-0.39, 0.29) is 18.1 Å². The number of nitrogens with one attached hydrogen (secondary N) is 3. The maximum absolute atomic E-state index is 12.9. The number of aryl methyl sites for hydroxylation is 1. The molecule has 1 aliphatic rings. The van der Waals surface area contributed by atoms with Gasteiger partial charge in [0.15, 0.2) is 17.0 Å². The lowest BCUT2D eigenvalue weighted by molar-refractivity contribution is 0.0951. The molecule has 4 N–H and O–H groups in total. The SMILES string of the molecule is CCn1cnc2c(Nc3cccc(C(=O)NCc4ccc(OC)cc4)c3)nc(N[C@H]3CC[C@H](O)CC3)nc21. The smallest absolute Gasteiger partial charge is 0.251 e. The Labute approximate surface area is 221 Å². The van der Waals surface area contributed by atoms with Gasteiger partial charge in [-0.2, -0.15) is 9.97 Å². The number of carbonyl (C=O) groups excluding carboxylic acids is 1. The van der Waals surface area contributed by atoms with Gasteiger partial charge in [0.05, 0.1) is 19.5 Å². The molecule has 1 amide bonds. The van der Waals surface area contributed by atoms with Crippen LogP contribution in [-0.4, -0.2) is 49.8 Å². The second-order valence-electron chi connectivity index (χ2n) is 9.48. The molecule has 38 heavy (non-hydrogen) atoms. The zero-order chi connectivity index (χ0) is 26.5. The molecule has 5 rings (SSSR count). The van der Waals surface area contributed by atoms with Crippen molar-refractivity contribution in [2.24, 2.45) is 0 Å². The van der Waals surface area contributed by atoms with Crippen molar-refractivity contribution in [1.82, 2.24) is 24.8 Å². The third-order valence-corrected chi connectivity index (χ3v) is 6.83. The third-order valence-electron chi connectivity index (χ3n) is 6.83. The summed E-state index contributed by atoms with van der Waals surface area (Å²) in [4.78, 5) is 26.9. The monoisotopic (exact) mass is 515 g/mol. The number of benzene rings is 2. The zero-order valence-corrected chi connectivity index (χ0v) is 21.6. The summed E-state index contributed by atoms with van der Waals surface area (Å²) >= 11 is 0. The maximum Gasteiger partial charge on any atom is 0.251 e. The van der Waals surface area contributed by atoms with E-state index in [1.807, 2.05) is 47.9 Å². The van der Waals surface area contributed by atoms with Crippen LogP contribution in [0.3, 0.4) is 0 Å². The molecule has 0 atom stereocenters. The highest BCUT2D eigenvalue weighted by Crippen LogP contribution is 2.27. The predicted molar refractivity (Wildman–Crippen MR) is 147 cm³/mol. The second kappa shape index (κ2) is 11.5. The van der Waals surface area contributed by atoms with Crippen LogP contribution < -0.4 is 20.7 Å². The highest BCUT2D eigenvalue weighted by atomic mass is 16.5. The maximum atomic E-state index is 12.9. The molecule has 198 valence electrons. The summed E-state index contributed by atoms with van der Waals surface area (Å²) in [6, 6.07) is 15.1. The third kappa shape index (κ3) is 5.86. The lowest BCUT2D eigenvalue weighted by Crippen LogP contribution is -2.29. The lowest BCUT2D eigenvalue weighted by Gasteiger charge is -2.26. The molecule has 0 spiro atoms. The quantitative estimate of drug-likeness (QED) is 0.261. The Hall–Kier alpha value is -4.18. The number of hydrogen-bond acceptors (Lipinski definition) is 8. The van der Waals surface area contributed by atoms with Crippen molar-refractivity contribution in [3.63, 3.8) is 0 Å². The van der Waals surface area contributed by atoms with Gasteiger partial charge in [-0.05, 0) is 68.5 Å². The van der Waals surface area contributed by atoms with Crippen LogP contribution in [0.1, 0.15) is 48.5 Å². The number of methoxy groups -OCH3 is 1. The van der Waals surface area contributed by atoms with Crippen molar-refractivity contribution < 1.29 is 14.6 Å². The summed E-state index contributed by atoms with van der Waals surface area (Å²) in [6.07, 6.45) is 4.80. The van der Waals surface area contributed by atoms with Crippen molar-refractivity contribution in [3.8, 4) is 5.75 Å². The Morgan fingerprint density at radius 2 is 1.89 bits per heavy atom. The molecule has 1 aliphatic carbocycles. The van der Waals surface area contributed by atoms with Gasteiger partial charge in [0.2, 0.25) is 5.95 Å². The fourth-order valence-corrected chi connectivity index (χ4v) is 4.63. The van der Waals surface area contributed by atoms with Crippen LogP contribution in [0.25, 0.3) is 11.2 Å². The number of imidazole rings is 1. The van der Waals surface area contributed by atoms with Gasteiger partial charge >= 0.3 is 0 Å². The van der Waals surface area contributed by atoms with Crippen molar-refractivity contribution >= 4 is 34.5 Å².